The Kier molecular flexibility index (Phi) is 2.38. The van der Waals surface area contributed by atoms with Crippen molar-refractivity contribution in [2.75, 3.05) is 12.4 Å². The van der Waals surface area contributed by atoms with E-state index in [9.17, 15) is 4.79 Å². The van der Waals surface area contributed by atoms with Crippen LogP contribution in [0.15, 0.2) is 24.3 Å². The van der Waals surface area contributed by atoms with Gasteiger partial charge in [0.25, 0.3) is 0 Å². The van der Waals surface area contributed by atoms with E-state index in [2.05, 4.69) is 5.32 Å². The molecule has 0 saturated heterocycles. The van der Waals surface area contributed by atoms with Gasteiger partial charge in [-0.25, -0.2) is 0 Å². The van der Waals surface area contributed by atoms with E-state index in [0.29, 0.717) is 11.8 Å². The van der Waals surface area contributed by atoms with Gasteiger partial charge in [0, 0.05) is 17.7 Å². The standard InChI is InChI=1S/C16H19NO2/c1-19-12-4-2-3-11(8-12)17-16(18)15-13-9-5-6-10(7-9)14(13)15/h2-4,8-10,13-15H,5-7H2,1H3,(H,17,18)/t9-,10+,13-,14-,15?/m1/s1. The first-order valence-corrected chi connectivity index (χ1v) is 7.23. The molecule has 19 heavy (non-hydrogen) atoms. The summed E-state index contributed by atoms with van der Waals surface area (Å²) in [6.07, 6.45) is 4.10. The van der Waals surface area contributed by atoms with Crippen LogP contribution in [0, 0.1) is 29.6 Å². The lowest BCUT2D eigenvalue weighted by molar-refractivity contribution is -0.118. The lowest BCUT2D eigenvalue weighted by atomic mass is 10.0. The second-order valence-electron chi connectivity index (χ2n) is 6.23. The molecule has 0 spiro atoms. The van der Waals surface area contributed by atoms with Gasteiger partial charge in [-0.3, -0.25) is 4.79 Å². The zero-order valence-corrected chi connectivity index (χ0v) is 11.1. The first kappa shape index (κ1) is 11.3. The quantitative estimate of drug-likeness (QED) is 0.904. The summed E-state index contributed by atoms with van der Waals surface area (Å²) in [6.45, 7) is 0. The highest BCUT2D eigenvalue weighted by atomic mass is 16.5. The SMILES string of the molecule is COc1cccc(NC(=O)C2[C@@H]3[C@@H]4CC[C@@H](C4)[C@@H]23)c1. The molecule has 1 amide bonds. The van der Waals surface area contributed by atoms with Gasteiger partial charge < -0.3 is 10.1 Å². The van der Waals surface area contributed by atoms with E-state index in [0.717, 1.165) is 23.3 Å². The predicted molar refractivity (Wildman–Crippen MR) is 72.9 cm³/mol. The number of hydrogen-bond donors (Lipinski definition) is 1. The fraction of sp³-hybridized carbons (Fsp3) is 0.562. The summed E-state index contributed by atoms with van der Waals surface area (Å²) in [5.74, 6) is 4.38. The van der Waals surface area contributed by atoms with Gasteiger partial charge in [-0.05, 0) is 55.1 Å². The Morgan fingerprint density at radius 2 is 2.00 bits per heavy atom. The number of benzene rings is 1. The molecule has 1 aromatic rings. The molecule has 3 heteroatoms. The number of anilines is 1. The van der Waals surface area contributed by atoms with Gasteiger partial charge in [0.15, 0.2) is 0 Å². The van der Waals surface area contributed by atoms with Crippen molar-refractivity contribution in [2.24, 2.45) is 29.6 Å². The Bertz CT molecular complexity index is 511. The van der Waals surface area contributed by atoms with E-state index in [4.69, 9.17) is 4.74 Å². The van der Waals surface area contributed by atoms with E-state index in [-0.39, 0.29) is 11.8 Å². The number of carbonyl (C=O) groups excluding carboxylic acids is 1. The van der Waals surface area contributed by atoms with Crippen LogP contribution in [0.3, 0.4) is 0 Å². The Labute approximate surface area is 113 Å². The molecule has 5 atom stereocenters. The summed E-state index contributed by atoms with van der Waals surface area (Å²) in [5, 5.41) is 3.06. The number of rotatable bonds is 3. The van der Waals surface area contributed by atoms with Crippen molar-refractivity contribution < 1.29 is 9.53 Å². The van der Waals surface area contributed by atoms with Gasteiger partial charge in [0.05, 0.1) is 7.11 Å². The third-order valence-electron chi connectivity index (χ3n) is 5.38. The third kappa shape index (κ3) is 1.67. The van der Waals surface area contributed by atoms with Crippen molar-refractivity contribution in [3.8, 4) is 5.75 Å². The average Bonchev–Trinajstić information content (AvgIpc) is 2.88. The molecule has 0 heterocycles. The topological polar surface area (TPSA) is 38.3 Å². The minimum Gasteiger partial charge on any atom is -0.497 e. The Morgan fingerprint density at radius 1 is 1.26 bits per heavy atom. The second kappa shape index (κ2) is 3.99. The number of ether oxygens (including phenoxy) is 1. The van der Waals surface area contributed by atoms with Crippen LogP contribution in [-0.2, 0) is 4.79 Å². The smallest absolute Gasteiger partial charge is 0.228 e. The average molecular weight is 257 g/mol. The van der Waals surface area contributed by atoms with E-state index in [1.165, 1.54) is 19.3 Å². The fourth-order valence-corrected chi connectivity index (χ4v) is 4.60. The van der Waals surface area contributed by atoms with Gasteiger partial charge >= 0.3 is 0 Å². The molecule has 3 saturated carbocycles. The number of nitrogens with one attached hydrogen (secondary N) is 1. The minimum absolute atomic E-state index is 0.222. The van der Waals surface area contributed by atoms with Crippen LogP contribution >= 0.6 is 0 Å². The highest BCUT2D eigenvalue weighted by molar-refractivity contribution is 5.95. The van der Waals surface area contributed by atoms with Crippen molar-refractivity contribution >= 4 is 11.6 Å². The van der Waals surface area contributed by atoms with Gasteiger partial charge in [0.2, 0.25) is 5.91 Å². The molecule has 4 rings (SSSR count). The molecular weight excluding hydrogens is 238 g/mol. The van der Waals surface area contributed by atoms with E-state index in [1.807, 2.05) is 24.3 Å². The highest BCUT2D eigenvalue weighted by Crippen LogP contribution is 2.69. The van der Waals surface area contributed by atoms with Crippen molar-refractivity contribution in [2.45, 2.75) is 19.3 Å². The molecule has 3 fully saturated rings. The molecule has 2 bridgehead atoms. The number of hydrogen-bond acceptors (Lipinski definition) is 2. The molecule has 0 aromatic heterocycles. The monoisotopic (exact) mass is 257 g/mol. The maximum absolute atomic E-state index is 12.4. The van der Waals surface area contributed by atoms with E-state index >= 15 is 0 Å². The molecule has 1 aromatic carbocycles. The molecule has 1 unspecified atom stereocenters. The third-order valence-corrected chi connectivity index (χ3v) is 5.38. The van der Waals surface area contributed by atoms with Crippen LogP contribution in [0.1, 0.15) is 19.3 Å². The van der Waals surface area contributed by atoms with Crippen molar-refractivity contribution in [3.05, 3.63) is 24.3 Å². The molecule has 3 aliphatic carbocycles. The summed E-state index contributed by atoms with van der Waals surface area (Å²) in [6, 6.07) is 7.60. The maximum atomic E-state index is 12.4. The predicted octanol–water partition coefficient (Wildman–Crippen LogP) is 2.93. The first-order chi connectivity index (χ1) is 9.28. The molecule has 0 radical (unpaired) electrons. The zero-order chi connectivity index (χ0) is 13.0. The summed E-state index contributed by atoms with van der Waals surface area (Å²) in [7, 11) is 1.64. The molecule has 100 valence electrons. The van der Waals surface area contributed by atoms with Gasteiger partial charge in [-0.2, -0.15) is 0 Å². The Morgan fingerprint density at radius 3 is 2.68 bits per heavy atom. The molecule has 1 N–H and O–H groups in total. The second-order valence-corrected chi connectivity index (χ2v) is 6.23. The summed E-state index contributed by atoms with van der Waals surface area (Å²) in [5.41, 5.74) is 0.849. The highest BCUT2D eigenvalue weighted by Gasteiger charge is 2.67. The van der Waals surface area contributed by atoms with Gasteiger partial charge in [0.1, 0.15) is 5.75 Å². The van der Waals surface area contributed by atoms with Crippen LogP contribution in [0.5, 0.6) is 5.75 Å². The van der Waals surface area contributed by atoms with Crippen LogP contribution in [0.25, 0.3) is 0 Å². The summed E-state index contributed by atoms with van der Waals surface area (Å²) in [4.78, 5) is 12.4. The molecule has 0 aliphatic heterocycles. The van der Waals surface area contributed by atoms with E-state index < -0.39 is 0 Å². The number of fused-ring (bicyclic) bond motifs is 5. The van der Waals surface area contributed by atoms with Crippen LogP contribution in [0.4, 0.5) is 5.69 Å². The van der Waals surface area contributed by atoms with Crippen molar-refractivity contribution in [1.82, 2.24) is 0 Å². The van der Waals surface area contributed by atoms with Gasteiger partial charge in [-0.1, -0.05) is 6.07 Å². The normalized spacial score (nSPS) is 37.8. The molecule has 3 aliphatic rings. The zero-order valence-electron chi connectivity index (χ0n) is 11.1. The molecule has 3 nitrogen and oxygen atoms in total. The maximum Gasteiger partial charge on any atom is 0.228 e. The minimum atomic E-state index is 0.222. The number of methoxy groups -OCH3 is 1. The first-order valence-electron chi connectivity index (χ1n) is 7.23. The lowest BCUT2D eigenvalue weighted by Gasteiger charge is -2.10. The Balaban J connectivity index is 1.45. The summed E-state index contributed by atoms with van der Waals surface area (Å²) < 4.78 is 5.18. The van der Waals surface area contributed by atoms with Crippen molar-refractivity contribution in [3.63, 3.8) is 0 Å². The summed E-state index contributed by atoms with van der Waals surface area (Å²) >= 11 is 0. The Hall–Kier alpha value is -1.51. The fourth-order valence-electron chi connectivity index (χ4n) is 4.60. The largest absolute Gasteiger partial charge is 0.497 e. The van der Waals surface area contributed by atoms with E-state index in [1.54, 1.807) is 7.11 Å². The van der Waals surface area contributed by atoms with Crippen molar-refractivity contribution in [1.29, 1.82) is 0 Å². The van der Waals surface area contributed by atoms with Crippen LogP contribution in [-0.4, -0.2) is 13.0 Å². The number of carbonyl (C=O) groups is 1. The van der Waals surface area contributed by atoms with Crippen LogP contribution < -0.4 is 10.1 Å². The van der Waals surface area contributed by atoms with Crippen LogP contribution in [0.2, 0.25) is 0 Å². The lowest BCUT2D eigenvalue weighted by Crippen LogP contribution is -2.18. The number of amides is 1. The molecular formula is C16H19NO2. The van der Waals surface area contributed by atoms with Gasteiger partial charge in [-0.15, -0.1) is 0 Å².